The van der Waals surface area contributed by atoms with Crippen LogP contribution in [0.1, 0.15) is 58.9 Å². The molecular weight excluding hydrogens is 370 g/mol. The van der Waals surface area contributed by atoms with Crippen molar-refractivity contribution in [3.8, 4) is 5.88 Å². The molecule has 2 rings (SSSR count). The number of carbonyl (C=O) groups is 1. The minimum Gasteiger partial charge on any atom is -0.474 e. The maximum atomic E-state index is 11.7. The topological polar surface area (TPSA) is 96.9 Å². The van der Waals surface area contributed by atoms with Crippen molar-refractivity contribution < 1.29 is 14.3 Å². The second kappa shape index (κ2) is 11.5. The molecule has 1 amide bonds. The molecule has 0 saturated heterocycles. The number of ether oxygens (including phenoxy) is 2. The largest absolute Gasteiger partial charge is 0.474 e. The lowest BCUT2D eigenvalue weighted by Gasteiger charge is -2.19. The predicted molar refractivity (Wildman–Crippen MR) is 114 cm³/mol. The molecule has 0 atom stereocenters. The number of nitrogens with one attached hydrogen (secondary N) is 3. The number of aliphatic imine (C=N–C) groups is 1. The summed E-state index contributed by atoms with van der Waals surface area (Å²) >= 11 is 0. The molecule has 162 valence electrons. The number of guanidine groups is 1. The van der Waals surface area contributed by atoms with Gasteiger partial charge in [0.15, 0.2) is 5.96 Å². The van der Waals surface area contributed by atoms with Gasteiger partial charge in [0.1, 0.15) is 11.7 Å². The quantitative estimate of drug-likeness (QED) is 0.349. The molecule has 0 unspecified atom stereocenters. The van der Waals surface area contributed by atoms with E-state index in [2.05, 4.69) is 25.9 Å². The summed E-state index contributed by atoms with van der Waals surface area (Å²) < 4.78 is 11.1. The van der Waals surface area contributed by atoms with Crippen molar-refractivity contribution >= 4 is 12.1 Å². The van der Waals surface area contributed by atoms with E-state index >= 15 is 0 Å². The average molecular weight is 406 g/mol. The molecular formula is C21H35N5O3. The highest BCUT2D eigenvalue weighted by molar-refractivity contribution is 5.79. The number of alkyl carbamates (subject to hydrolysis) is 1. The van der Waals surface area contributed by atoms with Gasteiger partial charge in [0.05, 0.1) is 6.54 Å². The number of rotatable bonds is 8. The van der Waals surface area contributed by atoms with Gasteiger partial charge in [-0.3, -0.25) is 0 Å². The Balaban J connectivity index is 1.75. The van der Waals surface area contributed by atoms with Gasteiger partial charge < -0.3 is 25.4 Å². The third-order valence-electron chi connectivity index (χ3n) is 4.24. The van der Waals surface area contributed by atoms with Crippen LogP contribution in [0.25, 0.3) is 0 Å². The summed E-state index contributed by atoms with van der Waals surface area (Å²) in [6.07, 6.45) is 6.41. The van der Waals surface area contributed by atoms with Crippen molar-refractivity contribution in [3.63, 3.8) is 0 Å². The van der Waals surface area contributed by atoms with Crippen molar-refractivity contribution in [1.82, 2.24) is 20.9 Å². The van der Waals surface area contributed by atoms with Gasteiger partial charge in [-0.25, -0.2) is 14.8 Å². The number of nitrogens with zero attached hydrogens (tertiary/aromatic N) is 2. The van der Waals surface area contributed by atoms with Gasteiger partial charge in [-0.1, -0.05) is 6.07 Å². The van der Waals surface area contributed by atoms with Gasteiger partial charge in [0.2, 0.25) is 5.88 Å². The molecule has 1 saturated carbocycles. The average Bonchev–Trinajstić information content (AvgIpc) is 3.16. The standard InChI is InChI=1S/C21H35N5O3/c1-5-22-19(23-12-13-24-20(27)29-21(2,3)4)26-15-16-10-11-18(25-14-16)28-17-8-6-7-9-17/h10-11,14,17H,5-9,12-13,15H2,1-4H3,(H,24,27)(H2,22,23,26). The Morgan fingerprint density at radius 2 is 1.90 bits per heavy atom. The number of amides is 1. The van der Waals surface area contributed by atoms with Gasteiger partial charge in [-0.2, -0.15) is 0 Å². The van der Waals surface area contributed by atoms with E-state index in [1.807, 2.05) is 39.8 Å². The molecule has 1 aromatic heterocycles. The van der Waals surface area contributed by atoms with Gasteiger partial charge in [0.25, 0.3) is 0 Å². The SMILES string of the molecule is CCNC(=NCc1ccc(OC2CCCC2)nc1)NCCNC(=O)OC(C)(C)C. The molecule has 8 heteroatoms. The Kier molecular flexibility index (Phi) is 9.02. The van der Waals surface area contributed by atoms with Gasteiger partial charge >= 0.3 is 6.09 Å². The zero-order valence-electron chi connectivity index (χ0n) is 18.1. The van der Waals surface area contributed by atoms with Crippen LogP contribution in [0.2, 0.25) is 0 Å². The van der Waals surface area contributed by atoms with E-state index in [1.165, 1.54) is 12.8 Å². The summed E-state index contributed by atoms with van der Waals surface area (Å²) in [7, 11) is 0. The minimum atomic E-state index is -0.500. The van der Waals surface area contributed by atoms with Gasteiger partial charge in [0, 0.05) is 31.9 Å². The van der Waals surface area contributed by atoms with Crippen LogP contribution in [0.4, 0.5) is 4.79 Å². The second-order valence-electron chi connectivity index (χ2n) is 8.08. The summed E-state index contributed by atoms with van der Waals surface area (Å²) in [6, 6.07) is 3.91. The summed E-state index contributed by atoms with van der Waals surface area (Å²) in [6.45, 7) is 9.75. The Bertz CT molecular complexity index is 649. The Morgan fingerprint density at radius 1 is 1.17 bits per heavy atom. The first-order valence-corrected chi connectivity index (χ1v) is 10.5. The van der Waals surface area contributed by atoms with Gasteiger partial charge in [-0.15, -0.1) is 0 Å². The van der Waals surface area contributed by atoms with E-state index in [4.69, 9.17) is 9.47 Å². The Morgan fingerprint density at radius 3 is 2.52 bits per heavy atom. The number of hydrogen-bond donors (Lipinski definition) is 3. The first-order valence-electron chi connectivity index (χ1n) is 10.5. The lowest BCUT2D eigenvalue weighted by Crippen LogP contribution is -2.42. The van der Waals surface area contributed by atoms with E-state index < -0.39 is 11.7 Å². The molecule has 0 bridgehead atoms. The lowest BCUT2D eigenvalue weighted by atomic mass is 10.2. The predicted octanol–water partition coefficient (Wildman–Crippen LogP) is 2.98. The number of aromatic nitrogens is 1. The Labute approximate surface area is 173 Å². The minimum absolute atomic E-state index is 0.310. The van der Waals surface area contributed by atoms with E-state index in [-0.39, 0.29) is 0 Å². The van der Waals surface area contributed by atoms with Gasteiger partial charge in [-0.05, 0) is 58.9 Å². The maximum absolute atomic E-state index is 11.7. The van der Waals surface area contributed by atoms with Crippen LogP contribution in [0.5, 0.6) is 5.88 Å². The lowest BCUT2D eigenvalue weighted by molar-refractivity contribution is 0.0529. The number of hydrogen-bond acceptors (Lipinski definition) is 5. The van der Waals surface area contributed by atoms with E-state index in [9.17, 15) is 4.79 Å². The zero-order chi connectivity index (χ0) is 21.1. The van der Waals surface area contributed by atoms with Crippen LogP contribution in [0.3, 0.4) is 0 Å². The van der Waals surface area contributed by atoms with Crippen molar-refractivity contribution in [2.75, 3.05) is 19.6 Å². The van der Waals surface area contributed by atoms with Crippen LogP contribution in [-0.2, 0) is 11.3 Å². The zero-order valence-corrected chi connectivity index (χ0v) is 18.1. The van der Waals surface area contributed by atoms with Crippen LogP contribution in [0, 0.1) is 0 Å². The van der Waals surface area contributed by atoms with Crippen LogP contribution >= 0.6 is 0 Å². The molecule has 1 aromatic rings. The van der Waals surface area contributed by atoms with Crippen LogP contribution in [-0.4, -0.2) is 48.4 Å². The normalized spacial score (nSPS) is 15.1. The molecule has 1 heterocycles. The summed E-state index contributed by atoms with van der Waals surface area (Å²) in [4.78, 5) is 20.6. The molecule has 1 fully saturated rings. The van der Waals surface area contributed by atoms with Crippen LogP contribution < -0.4 is 20.7 Å². The monoisotopic (exact) mass is 405 g/mol. The second-order valence-corrected chi connectivity index (χ2v) is 8.08. The van der Waals surface area contributed by atoms with Crippen LogP contribution in [0.15, 0.2) is 23.3 Å². The van der Waals surface area contributed by atoms with E-state index in [1.54, 1.807) is 6.20 Å². The van der Waals surface area contributed by atoms with E-state index in [0.717, 1.165) is 24.9 Å². The molecule has 0 aromatic carbocycles. The fraction of sp³-hybridized carbons (Fsp3) is 0.667. The third kappa shape index (κ3) is 9.49. The molecule has 8 nitrogen and oxygen atoms in total. The maximum Gasteiger partial charge on any atom is 0.407 e. The molecule has 0 aliphatic heterocycles. The molecule has 0 radical (unpaired) electrons. The van der Waals surface area contributed by atoms with Crippen molar-refractivity contribution in [3.05, 3.63) is 23.9 Å². The highest BCUT2D eigenvalue weighted by Crippen LogP contribution is 2.22. The van der Waals surface area contributed by atoms with Crippen molar-refractivity contribution in [2.24, 2.45) is 4.99 Å². The molecule has 29 heavy (non-hydrogen) atoms. The van der Waals surface area contributed by atoms with Crippen molar-refractivity contribution in [1.29, 1.82) is 0 Å². The molecule has 0 spiro atoms. The fourth-order valence-electron chi connectivity index (χ4n) is 2.92. The Hall–Kier alpha value is -2.51. The third-order valence-corrected chi connectivity index (χ3v) is 4.24. The fourth-order valence-corrected chi connectivity index (χ4v) is 2.92. The highest BCUT2D eigenvalue weighted by Gasteiger charge is 2.17. The summed E-state index contributed by atoms with van der Waals surface area (Å²) in [5.74, 6) is 1.37. The number of carbonyl (C=O) groups excluding carboxylic acids is 1. The summed E-state index contributed by atoms with van der Waals surface area (Å²) in [5.41, 5.74) is 0.507. The summed E-state index contributed by atoms with van der Waals surface area (Å²) in [5, 5.41) is 9.10. The van der Waals surface area contributed by atoms with E-state index in [0.29, 0.717) is 37.6 Å². The smallest absolute Gasteiger partial charge is 0.407 e. The highest BCUT2D eigenvalue weighted by atomic mass is 16.6. The number of pyridine rings is 1. The van der Waals surface area contributed by atoms with Crippen molar-refractivity contribution in [2.45, 2.75) is 71.6 Å². The first kappa shape index (κ1) is 22.8. The molecule has 3 N–H and O–H groups in total. The first-order chi connectivity index (χ1) is 13.9. The molecule has 1 aliphatic carbocycles. The molecule has 1 aliphatic rings.